The van der Waals surface area contributed by atoms with E-state index in [9.17, 15) is 9.18 Å². The maximum absolute atomic E-state index is 13.1. The molecule has 0 atom stereocenters. The van der Waals surface area contributed by atoms with Crippen molar-refractivity contribution >= 4 is 28.9 Å². The fourth-order valence-corrected chi connectivity index (χ4v) is 3.23. The minimum atomic E-state index is -0.349. The van der Waals surface area contributed by atoms with E-state index in [1.54, 1.807) is 36.5 Å². The topological polar surface area (TPSA) is 59.4 Å². The van der Waals surface area contributed by atoms with Gasteiger partial charge < -0.3 is 15.0 Å². The van der Waals surface area contributed by atoms with E-state index in [0.717, 1.165) is 18.8 Å². The third-order valence-electron chi connectivity index (χ3n) is 4.47. The molecule has 0 bridgehead atoms. The van der Waals surface area contributed by atoms with Crippen molar-refractivity contribution in [3.63, 3.8) is 0 Å². The van der Waals surface area contributed by atoms with Crippen LogP contribution >= 0.6 is 11.6 Å². The standard InChI is InChI=1S/C20H18ClFN4O2/c21-14-1-6-19(25-9-11-28-12-10-25)18(13-14)23-20(27)17-7-8-26(24-17)16-4-2-15(22)3-5-16/h1-8,13H,9-12H2,(H,23,27). The lowest BCUT2D eigenvalue weighted by molar-refractivity contribution is 0.102. The Hall–Kier alpha value is -2.90. The number of nitrogens with zero attached hydrogens (tertiary/aromatic N) is 3. The molecule has 1 aliphatic rings. The van der Waals surface area contributed by atoms with Crippen LogP contribution in [0.1, 0.15) is 10.5 Å². The average Bonchev–Trinajstić information content (AvgIpc) is 3.20. The summed E-state index contributed by atoms with van der Waals surface area (Å²) in [6.45, 7) is 2.75. The Morgan fingerprint density at radius 1 is 1.11 bits per heavy atom. The summed E-state index contributed by atoms with van der Waals surface area (Å²) in [6.07, 6.45) is 1.66. The Morgan fingerprint density at radius 3 is 2.61 bits per heavy atom. The summed E-state index contributed by atoms with van der Waals surface area (Å²) in [4.78, 5) is 14.9. The number of aromatic nitrogens is 2. The van der Waals surface area contributed by atoms with E-state index in [1.807, 2.05) is 6.07 Å². The Bertz CT molecular complexity index is 984. The maximum atomic E-state index is 13.1. The Kier molecular flexibility index (Phi) is 5.27. The van der Waals surface area contributed by atoms with E-state index < -0.39 is 0 Å². The minimum absolute atomic E-state index is 0.247. The number of anilines is 2. The van der Waals surface area contributed by atoms with Gasteiger partial charge in [0.25, 0.3) is 5.91 Å². The third-order valence-corrected chi connectivity index (χ3v) is 4.71. The molecule has 0 radical (unpaired) electrons. The second kappa shape index (κ2) is 8.00. The van der Waals surface area contributed by atoms with Crippen LogP contribution in [0.4, 0.5) is 15.8 Å². The lowest BCUT2D eigenvalue weighted by Gasteiger charge is -2.30. The highest BCUT2D eigenvalue weighted by molar-refractivity contribution is 6.31. The van der Waals surface area contributed by atoms with Crippen LogP contribution in [0.25, 0.3) is 5.69 Å². The van der Waals surface area contributed by atoms with Gasteiger partial charge in [-0.3, -0.25) is 4.79 Å². The highest BCUT2D eigenvalue weighted by Crippen LogP contribution is 2.30. The molecular formula is C20H18ClFN4O2. The van der Waals surface area contributed by atoms with Gasteiger partial charge in [0.2, 0.25) is 0 Å². The Balaban J connectivity index is 1.55. The molecule has 28 heavy (non-hydrogen) atoms. The minimum Gasteiger partial charge on any atom is -0.378 e. The van der Waals surface area contributed by atoms with Crippen molar-refractivity contribution in [3.8, 4) is 5.69 Å². The van der Waals surface area contributed by atoms with Crippen LogP contribution in [0, 0.1) is 5.82 Å². The number of carbonyl (C=O) groups excluding carboxylic acids is 1. The fraction of sp³-hybridized carbons (Fsp3) is 0.200. The summed E-state index contributed by atoms with van der Waals surface area (Å²) in [6, 6.07) is 12.9. The summed E-state index contributed by atoms with van der Waals surface area (Å²) < 4.78 is 20.0. The summed E-state index contributed by atoms with van der Waals surface area (Å²) in [5, 5.41) is 7.72. The zero-order valence-electron chi connectivity index (χ0n) is 14.9. The molecule has 0 unspecified atom stereocenters. The van der Waals surface area contributed by atoms with Crippen LogP contribution in [0.3, 0.4) is 0 Å². The number of hydrogen-bond donors (Lipinski definition) is 1. The van der Waals surface area contributed by atoms with Crippen LogP contribution in [-0.4, -0.2) is 42.0 Å². The highest BCUT2D eigenvalue weighted by Gasteiger charge is 2.18. The van der Waals surface area contributed by atoms with Gasteiger partial charge >= 0.3 is 0 Å². The second-order valence-corrected chi connectivity index (χ2v) is 6.77. The average molecular weight is 401 g/mol. The number of rotatable bonds is 4. The molecule has 1 N–H and O–H groups in total. The van der Waals surface area contributed by atoms with Crippen LogP contribution in [0.2, 0.25) is 5.02 Å². The molecule has 1 fully saturated rings. The van der Waals surface area contributed by atoms with Crippen LogP contribution in [0.15, 0.2) is 54.7 Å². The van der Waals surface area contributed by atoms with Crippen molar-refractivity contribution in [3.05, 3.63) is 71.3 Å². The van der Waals surface area contributed by atoms with Crippen LogP contribution < -0.4 is 10.2 Å². The lowest BCUT2D eigenvalue weighted by atomic mass is 10.2. The third kappa shape index (κ3) is 4.00. The predicted molar refractivity (Wildman–Crippen MR) is 106 cm³/mol. The Morgan fingerprint density at radius 2 is 1.86 bits per heavy atom. The zero-order valence-corrected chi connectivity index (χ0v) is 15.7. The largest absolute Gasteiger partial charge is 0.378 e. The van der Waals surface area contributed by atoms with E-state index in [-0.39, 0.29) is 17.4 Å². The summed E-state index contributed by atoms with van der Waals surface area (Å²) in [5.41, 5.74) is 2.42. The van der Waals surface area contributed by atoms with Crippen LogP contribution in [-0.2, 0) is 4.74 Å². The number of morpholine rings is 1. The predicted octanol–water partition coefficient (Wildman–Crippen LogP) is 3.75. The van der Waals surface area contributed by atoms with E-state index >= 15 is 0 Å². The van der Waals surface area contributed by atoms with Gasteiger partial charge in [0.05, 0.1) is 30.3 Å². The van der Waals surface area contributed by atoms with Gasteiger partial charge in [-0.05, 0) is 48.5 Å². The van der Waals surface area contributed by atoms with Crippen molar-refractivity contribution < 1.29 is 13.9 Å². The fourth-order valence-electron chi connectivity index (χ4n) is 3.06. The summed E-state index contributed by atoms with van der Waals surface area (Å²) >= 11 is 6.14. The van der Waals surface area contributed by atoms with Gasteiger partial charge in [-0.1, -0.05) is 11.6 Å². The molecule has 1 aromatic heterocycles. The molecular weight excluding hydrogens is 383 g/mol. The number of hydrogen-bond acceptors (Lipinski definition) is 4. The van der Waals surface area contributed by atoms with Gasteiger partial charge in [-0.2, -0.15) is 5.10 Å². The van der Waals surface area contributed by atoms with Gasteiger partial charge in [0, 0.05) is 24.3 Å². The van der Waals surface area contributed by atoms with Crippen molar-refractivity contribution in [2.45, 2.75) is 0 Å². The normalized spacial score (nSPS) is 14.1. The molecule has 144 valence electrons. The van der Waals surface area contributed by atoms with Gasteiger partial charge in [0.1, 0.15) is 5.82 Å². The van der Waals surface area contributed by atoms with E-state index in [4.69, 9.17) is 16.3 Å². The second-order valence-electron chi connectivity index (χ2n) is 6.34. The molecule has 1 saturated heterocycles. The maximum Gasteiger partial charge on any atom is 0.276 e. The zero-order chi connectivity index (χ0) is 19.5. The molecule has 8 heteroatoms. The molecule has 2 heterocycles. The summed E-state index contributed by atoms with van der Waals surface area (Å²) in [7, 11) is 0. The number of halogens is 2. The highest BCUT2D eigenvalue weighted by atomic mass is 35.5. The smallest absolute Gasteiger partial charge is 0.276 e. The molecule has 1 amide bonds. The molecule has 6 nitrogen and oxygen atoms in total. The first-order valence-corrected chi connectivity index (χ1v) is 9.23. The first kappa shape index (κ1) is 18.5. The SMILES string of the molecule is O=C(Nc1cc(Cl)ccc1N1CCOCC1)c1ccn(-c2ccc(F)cc2)n1. The number of amides is 1. The molecule has 0 spiro atoms. The molecule has 1 aliphatic heterocycles. The first-order valence-electron chi connectivity index (χ1n) is 8.85. The van der Waals surface area contributed by atoms with Gasteiger partial charge in [0.15, 0.2) is 5.69 Å². The van der Waals surface area contributed by atoms with E-state index in [0.29, 0.717) is 29.6 Å². The number of nitrogens with one attached hydrogen (secondary N) is 1. The van der Waals surface area contributed by atoms with Gasteiger partial charge in [-0.15, -0.1) is 0 Å². The Labute approximate surface area is 166 Å². The lowest BCUT2D eigenvalue weighted by Crippen LogP contribution is -2.36. The van der Waals surface area contributed by atoms with Crippen molar-refractivity contribution in [2.24, 2.45) is 0 Å². The van der Waals surface area contributed by atoms with E-state index in [1.165, 1.54) is 16.8 Å². The van der Waals surface area contributed by atoms with Crippen molar-refractivity contribution in [1.29, 1.82) is 0 Å². The van der Waals surface area contributed by atoms with Crippen LogP contribution in [0.5, 0.6) is 0 Å². The molecule has 0 saturated carbocycles. The number of ether oxygens (including phenoxy) is 1. The first-order chi connectivity index (χ1) is 13.6. The monoisotopic (exact) mass is 400 g/mol. The van der Waals surface area contributed by atoms with Gasteiger partial charge in [-0.25, -0.2) is 9.07 Å². The molecule has 3 aromatic rings. The quantitative estimate of drug-likeness (QED) is 0.724. The van der Waals surface area contributed by atoms with Crippen molar-refractivity contribution in [1.82, 2.24) is 9.78 Å². The number of carbonyl (C=O) groups is 1. The summed E-state index contributed by atoms with van der Waals surface area (Å²) in [5.74, 6) is -0.678. The number of benzene rings is 2. The molecule has 0 aliphatic carbocycles. The van der Waals surface area contributed by atoms with E-state index in [2.05, 4.69) is 15.3 Å². The van der Waals surface area contributed by atoms with Crippen molar-refractivity contribution in [2.75, 3.05) is 36.5 Å². The molecule has 4 rings (SSSR count). The molecule has 2 aromatic carbocycles.